The zero-order valence-electron chi connectivity index (χ0n) is 16.7. The van der Waals surface area contributed by atoms with Crippen molar-refractivity contribution in [1.82, 2.24) is 15.1 Å². The van der Waals surface area contributed by atoms with E-state index in [0.29, 0.717) is 23.3 Å². The van der Waals surface area contributed by atoms with E-state index in [4.69, 9.17) is 16.0 Å². The molecule has 2 aromatic heterocycles. The Morgan fingerprint density at radius 2 is 1.93 bits per heavy atom. The Kier molecular flexibility index (Phi) is 5.37. The summed E-state index contributed by atoms with van der Waals surface area (Å²) in [4.78, 5) is 16.8. The number of carbonyl (C=O) groups excluding carboxylic acids is 1. The van der Waals surface area contributed by atoms with Gasteiger partial charge in [-0.15, -0.1) is 21.5 Å². The van der Waals surface area contributed by atoms with Gasteiger partial charge >= 0.3 is 0 Å². The molecule has 1 aliphatic heterocycles. The number of nitrogens with zero attached hydrogens (tertiary/aromatic N) is 3. The third-order valence-corrected chi connectivity index (χ3v) is 7.60. The van der Waals surface area contributed by atoms with Crippen LogP contribution in [0.1, 0.15) is 55.9 Å². The molecule has 0 radical (unpaired) electrons. The van der Waals surface area contributed by atoms with Gasteiger partial charge in [-0.05, 0) is 54.8 Å². The molecule has 0 N–H and O–H groups in total. The van der Waals surface area contributed by atoms with Gasteiger partial charge in [-0.2, -0.15) is 0 Å². The van der Waals surface area contributed by atoms with Crippen LogP contribution in [0.15, 0.2) is 46.2 Å². The quantitative estimate of drug-likeness (QED) is 0.523. The Balaban J connectivity index is 1.37. The number of hydrogen-bond donors (Lipinski definition) is 0. The number of amides is 1. The van der Waals surface area contributed by atoms with E-state index in [1.165, 1.54) is 0 Å². The van der Waals surface area contributed by atoms with Gasteiger partial charge in [0.05, 0.1) is 16.2 Å². The first kappa shape index (κ1) is 19.8. The monoisotopic (exact) mass is 441 g/mol. The lowest BCUT2D eigenvalue weighted by Crippen LogP contribution is -2.49. The van der Waals surface area contributed by atoms with Crippen LogP contribution in [0, 0.1) is 0 Å². The topological polar surface area (TPSA) is 59.2 Å². The third kappa shape index (κ3) is 3.56. The van der Waals surface area contributed by atoms with E-state index in [2.05, 4.69) is 10.2 Å². The number of piperidine rings is 1. The lowest BCUT2D eigenvalue weighted by atomic mass is 9.77. The minimum atomic E-state index is -0.427. The second-order valence-electron chi connectivity index (χ2n) is 8.31. The number of hydrogen-bond acceptors (Lipinski definition) is 5. The number of aromatic nitrogens is 2. The van der Waals surface area contributed by atoms with Gasteiger partial charge < -0.3 is 9.32 Å². The normalized spacial score (nSPS) is 21.1. The van der Waals surface area contributed by atoms with Crippen LogP contribution in [0.25, 0.3) is 10.8 Å². The van der Waals surface area contributed by atoms with Gasteiger partial charge in [0.15, 0.2) is 0 Å². The lowest BCUT2D eigenvalue weighted by Gasteiger charge is -2.38. The molecule has 3 heterocycles. The van der Waals surface area contributed by atoms with E-state index in [1.807, 2.05) is 46.7 Å². The Morgan fingerprint density at radius 3 is 2.67 bits per heavy atom. The summed E-state index contributed by atoms with van der Waals surface area (Å²) in [7, 11) is 0. The fraction of sp³-hybridized carbons (Fsp3) is 0.435. The van der Waals surface area contributed by atoms with Gasteiger partial charge in [0.25, 0.3) is 5.89 Å². The maximum atomic E-state index is 13.8. The Morgan fingerprint density at radius 1 is 1.13 bits per heavy atom. The molecule has 30 heavy (non-hydrogen) atoms. The van der Waals surface area contributed by atoms with Crippen molar-refractivity contribution in [2.24, 2.45) is 0 Å². The molecule has 2 aliphatic rings. The largest absolute Gasteiger partial charge is 0.420 e. The fourth-order valence-corrected chi connectivity index (χ4v) is 5.71. The first-order chi connectivity index (χ1) is 14.7. The van der Waals surface area contributed by atoms with Crippen LogP contribution >= 0.6 is 22.9 Å². The molecule has 1 amide bonds. The van der Waals surface area contributed by atoms with E-state index in [0.717, 1.165) is 55.5 Å². The Bertz CT molecular complexity index is 1010. The van der Waals surface area contributed by atoms with E-state index in [1.54, 1.807) is 11.3 Å². The van der Waals surface area contributed by atoms with E-state index in [9.17, 15) is 4.79 Å². The summed E-state index contributed by atoms with van der Waals surface area (Å²) in [6.45, 7) is 1.43. The summed E-state index contributed by atoms with van der Waals surface area (Å²) >= 11 is 7.69. The van der Waals surface area contributed by atoms with Crippen molar-refractivity contribution in [3.8, 4) is 10.8 Å². The molecule has 1 unspecified atom stereocenters. The maximum Gasteiger partial charge on any atom is 0.257 e. The van der Waals surface area contributed by atoms with Crippen LogP contribution in [-0.2, 0) is 10.2 Å². The first-order valence-corrected chi connectivity index (χ1v) is 11.8. The summed E-state index contributed by atoms with van der Waals surface area (Å²) in [5.41, 5.74) is 0.665. The van der Waals surface area contributed by atoms with E-state index < -0.39 is 5.41 Å². The molecule has 1 aromatic carbocycles. The SMILES string of the molecule is O=C(N1CCCC(c2nnc(-c3cccs3)o2)C1)C1(c2ccc(Cl)cc2)CCCC1. The summed E-state index contributed by atoms with van der Waals surface area (Å²) in [5.74, 6) is 1.54. The Labute approximate surface area is 185 Å². The predicted octanol–water partition coefficient (Wildman–Crippen LogP) is 5.67. The summed E-state index contributed by atoms with van der Waals surface area (Å²) < 4.78 is 5.98. The average Bonchev–Trinajstić information content (AvgIpc) is 3.55. The van der Waals surface area contributed by atoms with E-state index in [-0.39, 0.29) is 11.8 Å². The van der Waals surface area contributed by atoms with Gasteiger partial charge in [0, 0.05) is 18.1 Å². The molecule has 2 fully saturated rings. The molecule has 0 bridgehead atoms. The van der Waals surface area contributed by atoms with Gasteiger partial charge in [0.1, 0.15) is 0 Å². The fourth-order valence-electron chi connectivity index (χ4n) is 4.94. The van der Waals surface area contributed by atoms with Gasteiger partial charge in [-0.25, -0.2) is 0 Å². The van der Waals surface area contributed by atoms with Gasteiger partial charge in [0.2, 0.25) is 11.8 Å². The van der Waals surface area contributed by atoms with Crippen LogP contribution in [0.2, 0.25) is 5.02 Å². The summed E-state index contributed by atoms with van der Waals surface area (Å²) in [6, 6.07) is 11.8. The molecule has 5 rings (SSSR count). The molecule has 0 spiro atoms. The molecule has 1 saturated heterocycles. The standard InChI is InChI=1S/C23H24ClN3O2S/c24-18-9-7-17(8-10-18)23(11-1-2-12-23)22(28)27-13-3-5-16(15-27)20-25-26-21(29-20)19-6-4-14-30-19/h4,6-10,14,16H,1-3,5,11-13,15H2. The van der Waals surface area contributed by atoms with Crippen LogP contribution in [-0.4, -0.2) is 34.1 Å². The summed E-state index contributed by atoms with van der Waals surface area (Å²) in [5, 5.41) is 11.2. The maximum absolute atomic E-state index is 13.8. The van der Waals surface area contributed by atoms with Crippen LogP contribution in [0.4, 0.5) is 0 Å². The van der Waals surface area contributed by atoms with Gasteiger partial charge in [-0.3, -0.25) is 4.79 Å². The van der Waals surface area contributed by atoms with Crippen molar-refractivity contribution in [3.05, 3.63) is 58.3 Å². The molecule has 1 atom stereocenters. The molecule has 1 aliphatic carbocycles. The molecule has 3 aromatic rings. The highest BCUT2D eigenvalue weighted by atomic mass is 35.5. The number of benzene rings is 1. The zero-order chi connectivity index (χ0) is 20.6. The first-order valence-electron chi connectivity index (χ1n) is 10.6. The molecular formula is C23H24ClN3O2S. The second-order valence-corrected chi connectivity index (χ2v) is 9.69. The average molecular weight is 442 g/mol. The van der Waals surface area contributed by atoms with Crippen LogP contribution < -0.4 is 0 Å². The second kappa shape index (κ2) is 8.16. The van der Waals surface area contributed by atoms with Crippen molar-refractivity contribution in [1.29, 1.82) is 0 Å². The highest BCUT2D eigenvalue weighted by Gasteiger charge is 2.46. The molecule has 7 heteroatoms. The van der Waals surface area contributed by atoms with E-state index >= 15 is 0 Å². The van der Waals surface area contributed by atoms with Crippen molar-refractivity contribution in [3.63, 3.8) is 0 Å². The number of rotatable bonds is 4. The third-order valence-electron chi connectivity index (χ3n) is 6.49. The highest BCUT2D eigenvalue weighted by molar-refractivity contribution is 7.13. The molecule has 1 saturated carbocycles. The molecular weight excluding hydrogens is 418 g/mol. The summed E-state index contributed by atoms with van der Waals surface area (Å²) in [6.07, 6.45) is 5.88. The highest BCUT2D eigenvalue weighted by Crippen LogP contribution is 2.44. The zero-order valence-corrected chi connectivity index (χ0v) is 18.3. The molecule has 5 nitrogen and oxygen atoms in total. The van der Waals surface area contributed by atoms with Crippen LogP contribution in [0.3, 0.4) is 0 Å². The van der Waals surface area contributed by atoms with Crippen molar-refractivity contribution in [2.75, 3.05) is 13.1 Å². The van der Waals surface area contributed by atoms with Gasteiger partial charge in [-0.1, -0.05) is 42.6 Å². The van der Waals surface area contributed by atoms with Crippen molar-refractivity contribution < 1.29 is 9.21 Å². The van der Waals surface area contributed by atoms with Crippen molar-refractivity contribution in [2.45, 2.75) is 49.9 Å². The van der Waals surface area contributed by atoms with Crippen LogP contribution in [0.5, 0.6) is 0 Å². The van der Waals surface area contributed by atoms with Crippen molar-refractivity contribution >= 4 is 28.8 Å². The predicted molar refractivity (Wildman–Crippen MR) is 118 cm³/mol. The lowest BCUT2D eigenvalue weighted by molar-refractivity contribution is -0.138. The number of likely N-dealkylation sites (tertiary alicyclic amines) is 1. The Hall–Kier alpha value is -2.18. The smallest absolute Gasteiger partial charge is 0.257 e. The molecule has 156 valence electrons. The minimum Gasteiger partial charge on any atom is -0.420 e. The number of carbonyl (C=O) groups is 1. The number of thiophene rings is 1. The minimum absolute atomic E-state index is 0.0904. The number of halogens is 1.